The largest absolute Gasteiger partial charge is 0.495 e. The zero-order chi connectivity index (χ0) is 26.3. The van der Waals surface area contributed by atoms with E-state index in [1.165, 1.54) is 0 Å². The number of nitrogens with two attached hydrogens (primary N) is 1. The molecule has 2 aromatic carbocycles. The Morgan fingerprint density at radius 2 is 1.75 bits per heavy atom. The summed E-state index contributed by atoms with van der Waals surface area (Å²) in [5.41, 5.74) is 9.41. The van der Waals surface area contributed by atoms with Gasteiger partial charge in [0.05, 0.1) is 18.8 Å². The number of hydrogen-bond donors (Lipinski definition) is 2. The molecule has 36 heavy (non-hydrogen) atoms. The first kappa shape index (κ1) is 26.8. The van der Waals surface area contributed by atoms with Crippen molar-refractivity contribution in [3.8, 4) is 5.75 Å². The third kappa shape index (κ3) is 4.17. The van der Waals surface area contributed by atoms with Gasteiger partial charge in [-0.05, 0) is 54.6 Å². The van der Waals surface area contributed by atoms with E-state index in [-0.39, 0.29) is 22.8 Å². The van der Waals surface area contributed by atoms with Crippen molar-refractivity contribution in [1.82, 2.24) is 9.62 Å². The fourth-order valence-corrected chi connectivity index (χ4v) is 8.50. The summed E-state index contributed by atoms with van der Waals surface area (Å²) in [5.74, 6) is 0.441. The summed E-state index contributed by atoms with van der Waals surface area (Å²) in [6.45, 7) is 12.8. The summed E-state index contributed by atoms with van der Waals surface area (Å²) in [5, 5.41) is 3.51. The summed E-state index contributed by atoms with van der Waals surface area (Å²) >= 11 is 0. The molecule has 2 aliphatic heterocycles. The number of fused-ring (bicyclic) bond motifs is 2. The van der Waals surface area contributed by atoms with Gasteiger partial charge in [0.2, 0.25) is 0 Å². The van der Waals surface area contributed by atoms with Gasteiger partial charge in [0, 0.05) is 30.1 Å². The molecular weight excluding hydrogens is 472 g/mol. The predicted octanol–water partition coefficient (Wildman–Crippen LogP) is 4.50. The number of nitrogens with zero attached hydrogens (tertiary/aromatic N) is 2. The minimum absolute atomic E-state index is 0.153. The Kier molecular flexibility index (Phi) is 7.34. The van der Waals surface area contributed by atoms with Crippen LogP contribution in [0.2, 0.25) is 0 Å². The quantitative estimate of drug-likeness (QED) is 0.531. The van der Waals surface area contributed by atoms with E-state index in [1.54, 1.807) is 15.7 Å². The lowest BCUT2D eigenvalue weighted by Gasteiger charge is -2.50. The van der Waals surface area contributed by atoms with Crippen LogP contribution in [-0.2, 0) is 15.6 Å². The molecular formula is C28H42N4O3S. The van der Waals surface area contributed by atoms with Crippen LogP contribution in [-0.4, -0.2) is 52.1 Å². The summed E-state index contributed by atoms with van der Waals surface area (Å²) in [6.07, 6.45) is 1.67. The van der Waals surface area contributed by atoms with Crippen LogP contribution in [0.4, 0.5) is 11.4 Å². The van der Waals surface area contributed by atoms with E-state index in [0.29, 0.717) is 30.2 Å². The molecule has 1 fully saturated rings. The Labute approximate surface area is 217 Å². The zero-order valence-electron chi connectivity index (χ0n) is 22.5. The van der Waals surface area contributed by atoms with Crippen molar-refractivity contribution in [2.45, 2.75) is 64.8 Å². The molecule has 2 aromatic rings. The third-order valence-corrected chi connectivity index (χ3v) is 10.2. The highest BCUT2D eigenvalue weighted by Gasteiger charge is 2.61. The van der Waals surface area contributed by atoms with Gasteiger partial charge in [-0.3, -0.25) is 0 Å². The molecule has 0 aromatic heterocycles. The van der Waals surface area contributed by atoms with Crippen LogP contribution in [0.1, 0.15) is 64.5 Å². The van der Waals surface area contributed by atoms with E-state index in [0.717, 1.165) is 37.1 Å². The van der Waals surface area contributed by atoms with Crippen LogP contribution in [0, 0.1) is 5.41 Å². The van der Waals surface area contributed by atoms with Gasteiger partial charge in [-0.2, -0.15) is 12.7 Å². The second-order valence-corrected chi connectivity index (χ2v) is 12.9. The number of hydrogen-bond acceptors (Lipinski definition) is 5. The number of benzene rings is 2. The van der Waals surface area contributed by atoms with Gasteiger partial charge in [0.25, 0.3) is 0 Å². The van der Waals surface area contributed by atoms with Crippen LogP contribution in [0.25, 0.3) is 0 Å². The maximum atomic E-state index is 14.6. The lowest BCUT2D eigenvalue weighted by molar-refractivity contribution is 0.184. The van der Waals surface area contributed by atoms with Gasteiger partial charge in [-0.15, -0.1) is 0 Å². The molecule has 0 radical (unpaired) electrons. The molecule has 1 saturated heterocycles. The fraction of sp³-hybridized carbons (Fsp3) is 0.571. The third-order valence-electron chi connectivity index (χ3n) is 8.15. The molecule has 2 unspecified atom stereocenters. The summed E-state index contributed by atoms with van der Waals surface area (Å²) in [4.78, 5) is 0. The van der Waals surface area contributed by atoms with Gasteiger partial charge >= 0.3 is 10.2 Å². The minimum atomic E-state index is -3.87. The maximum Gasteiger partial charge on any atom is 0.304 e. The standard InChI is InChI=1S/C28H42N4O3S/c1-7-31(8-2)36(33,34)32-25-21(13-11-15-23(25)35-6)28(16-18-30-19-17-28)26(32)24(27(3,4)5)20-12-9-10-14-22(20)29/h9-15,24,26,30H,7-8,16-19,29H2,1-6H3. The molecule has 8 heteroatoms. The van der Waals surface area contributed by atoms with Crippen LogP contribution in [0.3, 0.4) is 0 Å². The van der Waals surface area contributed by atoms with Crippen molar-refractivity contribution >= 4 is 21.6 Å². The first-order chi connectivity index (χ1) is 17.0. The monoisotopic (exact) mass is 514 g/mol. The van der Waals surface area contributed by atoms with Crippen LogP contribution in [0.15, 0.2) is 42.5 Å². The predicted molar refractivity (Wildman–Crippen MR) is 148 cm³/mol. The number of ether oxygens (including phenoxy) is 1. The molecule has 2 atom stereocenters. The number of piperidine rings is 1. The second-order valence-electron chi connectivity index (χ2n) is 11.1. The van der Waals surface area contributed by atoms with E-state index >= 15 is 0 Å². The average molecular weight is 515 g/mol. The van der Waals surface area contributed by atoms with E-state index in [4.69, 9.17) is 10.5 Å². The average Bonchev–Trinajstić information content (AvgIpc) is 3.11. The van der Waals surface area contributed by atoms with Crippen molar-refractivity contribution in [2.75, 3.05) is 43.3 Å². The summed E-state index contributed by atoms with van der Waals surface area (Å²) in [7, 11) is -2.25. The SMILES string of the molecule is CCN(CC)S(=O)(=O)N1c2c(OC)cccc2C2(CCNCC2)C1C(c1ccccc1N)C(C)(C)C. The number of rotatable bonds is 7. The fourth-order valence-electron chi connectivity index (χ4n) is 6.57. The normalized spacial score (nSPS) is 20.5. The van der Waals surface area contributed by atoms with Gasteiger partial charge in [0.1, 0.15) is 5.75 Å². The Bertz CT molecular complexity index is 1180. The van der Waals surface area contributed by atoms with Gasteiger partial charge in [-0.25, -0.2) is 4.31 Å². The highest BCUT2D eigenvalue weighted by molar-refractivity contribution is 7.90. The second kappa shape index (κ2) is 9.88. The molecule has 198 valence electrons. The lowest BCUT2D eigenvalue weighted by atomic mass is 9.60. The van der Waals surface area contributed by atoms with E-state index in [9.17, 15) is 8.42 Å². The molecule has 0 bridgehead atoms. The molecule has 0 amide bonds. The van der Waals surface area contributed by atoms with Crippen LogP contribution >= 0.6 is 0 Å². The maximum absolute atomic E-state index is 14.6. The smallest absolute Gasteiger partial charge is 0.304 e. The van der Waals surface area contributed by atoms with E-state index < -0.39 is 10.2 Å². The van der Waals surface area contributed by atoms with Crippen molar-refractivity contribution in [1.29, 1.82) is 0 Å². The molecule has 2 aliphatic rings. The Balaban J connectivity index is 2.11. The number of nitrogens with one attached hydrogen (secondary N) is 1. The van der Waals surface area contributed by atoms with Gasteiger partial charge < -0.3 is 15.8 Å². The van der Waals surface area contributed by atoms with Crippen molar-refractivity contribution in [2.24, 2.45) is 5.41 Å². The number of methoxy groups -OCH3 is 1. The highest BCUT2D eigenvalue weighted by atomic mass is 32.2. The Hall–Kier alpha value is -2.29. The summed E-state index contributed by atoms with van der Waals surface area (Å²) < 4.78 is 38.2. The molecule has 0 saturated carbocycles. The minimum Gasteiger partial charge on any atom is -0.495 e. The van der Waals surface area contributed by atoms with Crippen molar-refractivity contribution in [3.05, 3.63) is 53.6 Å². The highest BCUT2D eigenvalue weighted by Crippen LogP contribution is 2.61. The van der Waals surface area contributed by atoms with Crippen molar-refractivity contribution < 1.29 is 13.2 Å². The zero-order valence-corrected chi connectivity index (χ0v) is 23.4. The first-order valence-corrected chi connectivity index (χ1v) is 14.5. The molecule has 0 aliphatic carbocycles. The van der Waals surface area contributed by atoms with E-state index in [2.05, 4.69) is 38.2 Å². The molecule has 3 N–H and O–H groups in total. The lowest BCUT2D eigenvalue weighted by Crippen LogP contribution is -2.59. The first-order valence-electron chi connectivity index (χ1n) is 13.1. The van der Waals surface area contributed by atoms with Crippen LogP contribution in [0.5, 0.6) is 5.75 Å². The topological polar surface area (TPSA) is 87.9 Å². The molecule has 1 spiro atoms. The van der Waals surface area contributed by atoms with E-state index in [1.807, 2.05) is 44.2 Å². The van der Waals surface area contributed by atoms with Crippen LogP contribution < -0.4 is 20.1 Å². The number of para-hydroxylation sites is 2. The Morgan fingerprint density at radius 1 is 1.11 bits per heavy atom. The number of anilines is 2. The number of nitrogen functional groups attached to an aromatic ring is 1. The Morgan fingerprint density at radius 3 is 2.31 bits per heavy atom. The molecule has 2 heterocycles. The van der Waals surface area contributed by atoms with Gasteiger partial charge in [0.15, 0.2) is 0 Å². The summed E-state index contributed by atoms with van der Waals surface area (Å²) in [6, 6.07) is 13.6. The van der Waals surface area contributed by atoms with Crippen molar-refractivity contribution in [3.63, 3.8) is 0 Å². The van der Waals surface area contributed by atoms with Gasteiger partial charge in [-0.1, -0.05) is 65.0 Å². The molecule has 7 nitrogen and oxygen atoms in total. The molecule has 4 rings (SSSR count).